The lowest BCUT2D eigenvalue weighted by atomic mass is 10.1. The molecule has 0 aromatic heterocycles. The molecule has 1 saturated heterocycles. The first kappa shape index (κ1) is 23.0. The molecule has 1 aliphatic rings. The van der Waals surface area contributed by atoms with Crippen molar-refractivity contribution in [3.8, 4) is 11.5 Å². The van der Waals surface area contributed by atoms with Crippen LogP contribution in [0.3, 0.4) is 0 Å². The standard InChI is InChI=1S/C27H25FN2O4/c1-3-33-25-15-19(11-12-24(25)34-17-20-8-6-7-18(2)13-20)14-23-26(31)30(27(32)29-23)16-21-9-4-5-10-22(21)28/h4-15H,3,16-17H2,1-2H3,(H,29,32)/b23-14+. The van der Waals surface area contributed by atoms with Crippen LogP contribution in [0.4, 0.5) is 9.18 Å². The van der Waals surface area contributed by atoms with Crippen molar-refractivity contribution in [2.75, 3.05) is 6.61 Å². The minimum Gasteiger partial charge on any atom is -0.490 e. The molecule has 6 nitrogen and oxygen atoms in total. The summed E-state index contributed by atoms with van der Waals surface area (Å²) in [5.41, 5.74) is 3.23. The first-order chi connectivity index (χ1) is 16.4. The van der Waals surface area contributed by atoms with Crippen LogP contribution in [-0.4, -0.2) is 23.4 Å². The van der Waals surface area contributed by atoms with Crippen molar-refractivity contribution in [3.05, 3.63) is 100 Å². The molecule has 1 aliphatic heterocycles. The molecule has 0 spiro atoms. The minimum absolute atomic E-state index is 0.109. The van der Waals surface area contributed by atoms with E-state index in [2.05, 4.69) is 11.4 Å². The van der Waals surface area contributed by atoms with Gasteiger partial charge in [0.15, 0.2) is 11.5 Å². The van der Waals surface area contributed by atoms with E-state index in [-0.39, 0.29) is 17.8 Å². The lowest BCUT2D eigenvalue weighted by molar-refractivity contribution is -0.123. The zero-order valence-corrected chi connectivity index (χ0v) is 19.0. The van der Waals surface area contributed by atoms with Crippen LogP contribution in [0.1, 0.15) is 29.2 Å². The molecule has 34 heavy (non-hydrogen) atoms. The number of rotatable bonds is 8. The van der Waals surface area contributed by atoms with E-state index in [0.29, 0.717) is 30.3 Å². The summed E-state index contributed by atoms with van der Waals surface area (Å²) in [6.07, 6.45) is 1.56. The van der Waals surface area contributed by atoms with Crippen LogP contribution in [0.25, 0.3) is 6.08 Å². The van der Waals surface area contributed by atoms with Gasteiger partial charge in [-0.1, -0.05) is 54.1 Å². The highest BCUT2D eigenvalue weighted by Crippen LogP contribution is 2.30. The maximum Gasteiger partial charge on any atom is 0.329 e. The largest absolute Gasteiger partial charge is 0.490 e. The predicted molar refractivity (Wildman–Crippen MR) is 127 cm³/mol. The number of imide groups is 1. The zero-order valence-electron chi connectivity index (χ0n) is 19.0. The lowest BCUT2D eigenvalue weighted by Gasteiger charge is -2.13. The number of hydrogen-bond donors (Lipinski definition) is 1. The molecule has 1 fully saturated rings. The van der Waals surface area contributed by atoms with Gasteiger partial charge in [0.1, 0.15) is 18.1 Å². The molecular formula is C27H25FN2O4. The van der Waals surface area contributed by atoms with Gasteiger partial charge in [0.2, 0.25) is 0 Å². The number of nitrogens with zero attached hydrogens (tertiary/aromatic N) is 1. The second kappa shape index (κ2) is 10.2. The van der Waals surface area contributed by atoms with Crippen molar-refractivity contribution < 1.29 is 23.5 Å². The highest BCUT2D eigenvalue weighted by molar-refractivity contribution is 6.13. The van der Waals surface area contributed by atoms with E-state index in [1.807, 2.05) is 32.0 Å². The van der Waals surface area contributed by atoms with Gasteiger partial charge in [-0.3, -0.25) is 9.69 Å². The SMILES string of the molecule is CCOc1cc(/C=C2/NC(=O)N(Cc3ccccc3F)C2=O)ccc1OCc1cccc(C)c1. The topological polar surface area (TPSA) is 67.9 Å². The molecule has 174 valence electrons. The number of carbonyl (C=O) groups is 2. The molecule has 1 N–H and O–H groups in total. The molecule has 3 aromatic rings. The highest BCUT2D eigenvalue weighted by Gasteiger charge is 2.34. The number of urea groups is 1. The first-order valence-electron chi connectivity index (χ1n) is 11.0. The van der Waals surface area contributed by atoms with E-state index in [1.54, 1.807) is 42.5 Å². The van der Waals surface area contributed by atoms with Gasteiger partial charge in [0.05, 0.1) is 13.2 Å². The number of benzene rings is 3. The van der Waals surface area contributed by atoms with Crippen LogP contribution >= 0.6 is 0 Å². The summed E-state index contributed by atoms with van der Waals surface area (Å²) in [6.45, 7) is 4.58. The van der Waals surface area contributed by atoms with Crippen molar-refractivity contribution in [3.63, 3.8) is 0 Å². The Morgan fingerprint density at radius 3 is 2.56 bits per heavy atom. The number of nitrogens with one attached hydrogen (secondary N) is 1. The van der Waals surface area contributed by atoms with Crippen LogP contribution in [0.5, 0.6) is 11.5 Å². The van der Waals surface area contributed by atoms with Crippen LogP contribution in [0.2, 0.25) is 0 Å². The third-order valence-corrected chi connectivity index (χ3v) is 5.30. The van der Waals surface area contributed by atoms with Crippen LogP contribution in [0.15, 0.2) is 72.4 Å². The van der Waals surface area contributed by atoms with Crippen molar-refractivity contribution in [2.45, 2.75) is 27.0 Å². The third-order valence-electron chi connectivity index (χ3n) is 5.30. The molecule has 0 bridgehead atoms. The summed E-state index contributed by atoms with van der Waals surface area (Å²) in [6, 6.07) is 18.8. The van der Waals surface area contributed by atoms with E-state index in [0.717, 1.165) is 16.0 Å². The van der Waals surface area contributed by atoms with Crippen LogP contribution in [-0.2, 0) is 17.9 Å². The molecular weight excluding hydrogens is 435 g/mol. The van der Waals surface area contributed by atoms with Gasteiger partial charge in [-0.25, -0.2) is 9.18 Å². The van der Waals surface area contributed by atoms with Crippen LogP contribution in [0, 0.1) is 12.7 Å². The molecule has 3 amide bonds. The van der Waals surface area contributed by atoms with Gasteiger partial charge in [0, 0.05) is 5.56 Å². The van der Waals surface area contributed by atoms with Crippen molar-refractivity contribution in [1.82, 2.24) is 10.2 Å². The maximum atomic E-state index is 14.0. The second-order valence-electron chi connectivity index (χ2n) is 7.89. The molecule has 0 atom stereocenters. The van der Waals surface area contributed by atoms with Crippen molar-refractivity contribution in [1.29, 1.82) is 0 Å². The molecule has 7 heteroatoms. The van der Waals surface area contributed by atoms with E-state index >= 15 is 0 Å². The Kier molecular flexibility index (Phi) is 6.92. The van der Waals surface area contributed by atoms with Crippen LogP contribution < -0.4 is 14.8 Å². The van der Waals surface area contributed by atoms with E-state index in [9.17, 15) is 14.0 Å². The molecule has 1 heterocycles. The second-order valence-corrected chi connectivity index (χ2v) is 7.89. The van der Waals surface area contributed by atoms with E-state index in [1.165, 1.54) is 6.07 Å². The van der Waals surface area contributed by atoms with Gasteiger partial charge in [-0.2, -0.15) is 0 Å². The Labute approximate surface area is 197 Å². The summed E-state index contributed by atoms with van der Waals surface area (Å²) < 4.78 is 25.7. The number of aryl methyl sites for hydroxylation is 1. The number of amides is 3. The molecule has 0 unspecified atom stereocenters. The predicted octanol–water partition coefficient (Wildman–Crippen LogP) is 5.20. The Morgan fingerprint density at radius 2 is 1.79 bits per heavy atom. The number of carbonyl (C=O) groups excluding carboxylic acids is 2. The Bertz CT molecular complexity index is 1250. The highest BCUT2D eigenvalue weighted by atomic mass is 19.1. The Morgan fingerprint density at radius 1 is 0.971 bits per heavy atom. The zero-order chi connectivity index (χ0) is 24.1. The molecule has 4 rings (SSSR count). The maximum absolute atomic E-state index is 14.0. The van der Waals surface area contributed by atoms with E-state index < -0.39 is 17.8 Å². The fraction of sp³-hybridized carbons (Fsp3) is 0.185. The Hall–Kier alpha value is -4.13. The number of halogens is 1. The number of ether oxygens (including phenoxy) is 2. The summed E-state index contributed by atoms with van der Waals surface area (Å²) in [5.74, 6) is 0.118. The molecule has 0 aliphatic carbocycles. The summed E-state index contributed by atoms with van der Waals surface area (Å²) >= 11 is 0. The molecule has 3 aromatic carbocycles. The summed E-state index contributed by atoms with van der Waals surface area (Å²) in [4.78, 5) is 26.1. The van der Waals surface area contributed by atoms with Gasteiger partial charge < -0.3 is 14.8 Å². The summed E-state index contributed by atoms with van der Waals surface area (Å²) in [5, 5.41) is 2.56. The van der Waals surface area contributed by atoms with Gasteiger partial charge in [-0.05, 0) is 49.2 Å². The van der Waals surface area contributed by atoms with Crippen molar-refractivity contribution in [2.24, 2.45) is 0 Å². The Balaban J connectivity index is 1.51. The minimum atomic E-state index is -0.595. The summed E-state index contributed by atoms with van der Waals surface area (Å²) in [7, 11) is 0. The fourth-order valence-electron chi connectivity index (χ4n) is 3.64. The average Bonchev–Trinajstić information content (AvgIpc) is 3.07. The molecule has 0 saturated carbocycles. The quantitative estimate of drug-likeness (QED) is 0.370. The molecule has 0 radical (unpaired) electrons. The van der Waals surface area contributed by atoms with Gasteiger partial charge >= 0.3 is 6.03 Å². The lowest BCUT2D eigenvalue weighted by Crippen LogP contribution is -2.30. The normalized spacial score (nSPS) is 14.4. The fourth-order valence-corrected chi connectivity index (χ4v) is 3.64. The smallest absolute Gasteiger partial charge is 0.329 e. The van der Waals surface area contributed by atoms with Gasteiger partial charge in [0.25, 0.3) is 5.91 Å². The third kappa shape index (κ3) is 5.26. The van der Waals surface area contributed by atoms with Gasteiger partial charge in [-0.15, -0.1) is 0 Å². The number of hydrogen-bond acceptors (Lipinski definition) is 4. The first-order valence-corrected chi connectivity index (χ1v) is 11.0. The monoisotopic (exact) mass is 460 g/mol. The average molecular weight is 461 g/mol. The van der Waals surface area contributed by atoms with Crippen molar-refractivity contribution >= 4 is 18.0 Å². The van der Waals surface area contributed by atoms with E-state index in [4.69, 9.17) is 9.47 Å².